The number of ether oxygens (including phenoxy) is 2. The number of esters is 1. The molecule has 5 nitrogen and oxygen atoms in total. The number of hydrogen-bond acceptors (Lipinski definition) is 5. The van der Waals surface area contributed by atoms with Crippen LogP contribution in [0.1, 0.15) is 0 Å². The zero-order chi connectivity index (χ0) is 9.14. The number of ketones is 1. The van der Waals surface area contributed by atoms with E-state index in [0.717, 1.165) is 0 Å². The lowest BCUT2D eigenvalue weighted by atomic mass is 9.98. The molecule has 0 spiro atoms. The Balaban J connectivity index is 2.58. The van der Waals surface area contributed by atoms with Gasteiger partial charge < -0.3 is 14.6 Å². The van der Waals surface area contributed by atoms with Crippen LogP contribution >= 0.6 is 0 Å². The number of cyclic esters (lactones) is 1. The summed E-state index contributed by atoms with van der Waals surface area (Å²) in [5.41, 5.74) is 0. The Bertz CT molecular complexity index is 200. The third kappa shape index (κ3) is 1.62. The van der Waals surface area contributed by atoms with E-state index in [-0.39, 0.29) is 13.2 Å². The van der Waals surface area contributed by atoms with Crippen LogP contribution in [0.4, 0.5) is 0 Å². The van der Waals surface area contributed by atoms with Gasteiger partial charge in [-0.3, -0.25) is 4.79 Å². The summed E-state index contributed by atoms with van der Waals surface area (Å²) in [6.07, 6.45) is -1.27. The van der Waals surface area contributed by atoms with Crippen molar-refractivity contribution in [1.29, 1.82) is 0 Å². The number of carbonyl (C=O) groups excluding carboxylic acids is 2. The van der Waals surface area contributed by atoms with Gasteiger partial charge in [0.05, 0.1) is 19.1 Å². The van der Waals surface area contributed by atoms with E-state index < -0.39 is 23.8 Å². The molecule has 0 aromatic heterocycles. The fourth-order valence-electron chi connectivity index (χ4n) is 1.03. The number of Topliss-reactive ketones (excluding diaryl/α,β-unsaturated/α-hetero) is 1. The Kier molecular flexibility index (Phi) is 2.78. The van der Waals surface area contributed by atoms with Gasteiger partial charge in [-0.1, -0.05) is 0 Å². The minimum Gasteiger partial charge on any atom is -0.459 e. The molecule has 12 heavy (non-hydrogen) atoms. The molecule has 2 atom stereocenters. The molecule has 1 heterocycles. The Morgan fingerprint density at radius 3 is 2.92 bits per heavy atom. The predicted octanol–water partition coefficient (Wildman–Crippen LogP) is -1.26. The molecule has 0 aromatic carbocycles. The summed E-state index contributed by atoms with van der Waals surface area (Å²) in [7, 11) is 1.45. The highest BCUT2D eigenvalue weighted by molar-refractivity contribution is 6.35. The fraction of sp³-hybridized carbons (Fsp3) is 0.714. The van der Waals surface area contributed by atoms with Crippen LogP contribution in [0.2, 0.25) is 0 Å². The van der Waals surface area contributed by atoms with Gasteiger partial charge in [-0.15, -0.1) is 0 Å². The number of hydrogen-bond donors (Lipinski definition) is 1. The molecule has 1 aliphatic heterocycles. The first-order chi connectivity index (χ1) is 5.66. The number of aliphatic hydroxyl groups is 1. The smallest absolute Gasteiger partial charge is 0.377 e. The standard InChI is InChI=1S/C7H10O5/c1-11-2-4-3-12-7(10)6(9)5(4)8/h4-5,8H,2-3H2,1H3. The molecule has 0 amide bonds. The van der Waals surface area contributed by atoms with E-state index in [9.17, 15) is 14.7 Å². The van der Waals surface area contributed by atoms with Crippen LogP contribution in [0.15, 0.2) is 0 Å². The number of methoxy groups -OCH3 is 1. The van der Waals surface area contributed by atoms with E-state index in [0.29, 0.717) is 0 Å². The van der Waals surface area contributed by atoms with Crippen molar-refractivity contribution >= 4 is 11.8 Å². The zero-order valence-corrected chi connectivity index (χ0v) is 6.65. The molecule has 2 unspecified atom stereocenters. The lowest BCUT2D eigenvalue weighted by Gasteiger charge is -2.24. The maximum atomic E-state index is 10.8. The van der Waals surface area contributed by atoms with Crippen molar-refractivity contribution < 1.29 is 24.2 Å². The second-order valence-corrected chi connectivity index (χ2v) is 2.62. The van der Waals surface area contributed by atoms with Crippen LogP contribution in [0.25, 0.3) is 0 Å². The Hall–Kier alpha value is -0.940. The van der Waals surface area contributed by atoms with Gasteiger partial charge in [0.1, 0.15) is 6.10 Å². The Morgan fingerprint density at radius 1 is 1.67 bits per heavy atom. The third-order valence-corrected chi connectivity index (χ3v) is 1.73. The summed E-state index contributed by atoms with van der Waals surface area (Å²) in [5, 5.41) is 9.21. The first kappa shape index (κ1) is 9.15. The molecular weight excluding hydrogens is 164 g/mol. The monoisotopic (exact) mass is 174 g/mol. The molecule has 0 aliphatic carbocycles. The quantitative estimate of drug-likeness (QED) is 0.417. The second kappa shape index (κ2) is 3.64. The first-order valence-electron chi connectivity index (χ1n) is 3.54. The van der Waals surface area contributed by atoms with Crippen molar-refractivity contribution in [2.45, 2.75) is 6.10 Å². The third-order valence-electron chi connectivity index (χ3n) is 1.73. The Morgan fingerprint density at radius 2 is 2.33 bits per heavy atom. The van der Waals surface area contributed by atoms with Gasteiger partial charge in [-0.2, -0.15) is 0 Å². The van der Waals surface area contributed by atoms with Gasteiger partial charge in [-0.25, -0.2) is 4.79 Å². The van der Waals surface area contributed by atoms with E-state index in [1.807, 2.05) is 0 Å². The lowest BCUT2D eigenvalue weighted by Crippen LogP contribution is -2.45. The van der Waals surface area contributed by atoms with Gasteiger partial charge in [0.25, 0.3) is 5.78 Å². The first-order valence-corrected chi connectivity index (χ1v) is 3.54. The van der Waals surface area contributed by atoms with Crippen LogP contribution in [0, 0.1) is 5.92 Å². The van der Waals surface area contributed by atoms with Crippen LogP contribution in [0.5, 0.6) is 0 Å². The van der Waals surface area contributed by atoms with Gasteiger partial charge in [0.15, 0.2) is 0 Å². The summed E-state index contributed by atoms with van der Waals surface area (Å²) in [6.45, 7) is 0.250. The normalized spacial score (nSPS) is 30.2. The van der Waals surface area contributed by atoms with E-state index in [1.165, 1.54) is 7.11 Å². The molecule has 0 radical (unpaired) electrons. The molecule has 1 aliphatic rings. The largest absolute Gasteiger partial charge is 0.459 e. The fourth-order valence-corrected chi connectivity index (χ4v) is 1.03. The van der Waals surface area contributed by atoms with Crippen LogP contribution in [0.3, 0.4) is 0 Å². The van der Waals surface area contributed by atoms with Gasteiger partial charge >= 0.3 is 5.97 Å². The van der Waals surface area contributed by atoms with E-state index in [1.54, 1.807) is 0 Å². The second-order valence-electron chi connectivity index (χ2n) is 2.62. The number of carbonyl (C=O) groups is 2. The Labute approximate surface area is 69.3 Å². The summed E-state index contributed by atoms with van der Waals surface area (Å²) in [4.78, 5) is 21.4. The number of rotatable bonds is 2. The lowest BCUT2D eigenvalue weighted by molar-refractivity contribution is -0.169. The minimum absolute atomic E-state index is 0.0413. The highest BCUT2D eigenvalue weighted by Crippen LogP contribution is 2.12. The van der Waals surface area contributed by atoms with Crippen molar-refractivity contribution in [3.8, 4) is 0 Å². The minimum atomic E-state index is -1.27. The van der Waals surface area contributed by atoms with Gasteiger partial charge in [-0.05, 0) is 0 Å². The van der Waals surface area contributed by atoms with Crippen molar-refractivity contribution in [3.63, 3.8) is 0 Å². The van der Waals surface area contributed by atoms with Crippen molar-refractivity contribution in [2.24, 2.45) is 5.92 Å². The van der Waals surface area contributed by atoms with Crippen LogP contribution in [-0.2, 0) is 19.1 Å². The molecule has 1 saturated heterocycles. The molecule has 1 rings (SSSR count). The van der Waals surface area contributed by atoms with E-state index in [4.69, 9.17) is 4.74 Å². The van der Waals surface area contributed by atoms with Crippen molar-refractivity contribution in [3.05, 3.63) is 0 Å². The highest BCUT2D eigenvalue weighted by Gasteiger charge is 2.37. The summed E-state index contributed by atoms with van der Waals surface area (Å²) in [6, 6.07) is 0. The summed E-state index contributed by atoms with van der Waals surface area (Å²) in [5.74, 6) is -2.28. The zero-order valence-electron chi connectivity index (χ0n) is 6.65. The van der Waals surface area contributed by atoms with E-state index in [2.05, 4.69) is 4.74 Å². The SMILES string of the molecule is COCC1COC(=O)C(=O)C1O. The average Bonchev–Trinajstić information content (AvgIpc) is 2.07. The summed E-state index contributed by atoms with van der Waals surface area (Å²) >= 11 is 0. The molecule has 1 fully saturated rings. The highest BCUT2D eigenvalue weighted by atomic mass is 16.5. The van der Waals surface area contributed by atoms with Gasteiger partial charge in [0, 0.05) is 7.11 Å². The average molecular weight is 174 g/mol. The molecule has 0 aromatic rings. The van der Waals surface area contributed by atoms with Crippen molar-refractivity contribution in [1.82, 2.24) is 0 Å². The number of aliphatic hydroxyl groups excluding tert-OH is 1. The molecule has 5 heteroatoms. The van der Waals surface area contributed by atoms with Gasteiger partial charge in [0.2, 0.25) is 0 Å². The van der Waals surface area contributed by atoms with E-state index >= 15 is 0 Å². The molecule has 0 bridgehead atoms. The molecular formula is C7H10O5. The topological polar surface area (TPSA) is 72.8 Å². The maximum Gasteiger partial charge on any atom is 0.377 e. The summed E-state index contributed by atoms with van der Waals surface area (Å²) < 4.78 is 9.23. The predicted molar refractivity (Wildman–Crippen MR) is 37.3 cm³/mol. The maximum absolute atomic E-state index is 10.8. The molecule has 1 N–H and O–H groups in total. The molecule has 68 valence electrons. The molecule has 0 saturated carbocycles. The van der Waals surface area contributed by atoms with Crippen LogP contribution in [-0.4, -0.2) is 43.3 Å². The van der Waals surface area contributed by atoms with Crippen LogP contribution < -0.4 is 0 Å². The van der Waals surface area contributed by atoms with Crippen molar-refractivity contribution in [2.75, 3.05) is 20.3 Å².